The molecule has 14 rings (SSSR count). The molecule has 3 nitrogen and oxygen atoms in total. The van der Waals surface area contributed by atoms with Crippen molar-refractivity contribution in [3.05, 3.63) is 270 Å². The Bertz CT molecular complexity index is 3800. The Labute approximate surface area is 409 Å². The van der Waals surface area contributed by atoms with E-state index in [1.54, 1.807) is 0 Å². The summed E-state index contributed by atoms with van der Waals surface area (Å²) in [5.74, 6) is 0. The number of aryl methyl sites for hydroxylation is 1. The summed E-state index contributed by atoms with van der Waals surface area (Å²) in [5.41, 5.74) is 25.2. The summed E-state index contributed by atoms with van der Waals surface area (Å²) in [5, 5.41) is 3.91. The summed E-state index contributed by atoms with van der Waals surface area (Å²) in [6.07, 6.45) is 14.5. The van der Waals surface area contributed by atoms with Crippen molar-refractivity contribution >= 4 is 60.9 Å². The number of H-pyrrole nitrogens is 2. The fraction of sp³-hybridized carbons (Fsp3) is 0.0746. The Morgan fingerprint density at radius 2 is 1.01 bits per heavy atom. The molecule has 0 saturated carbocycles. The van der Waals surface area contributed by atoms with E-state index in [-0.39, 0.29) is 0 Å². The third-order valence-electron chi connectivity index (χ3n) is 14.6. The van der Waals surface area contributed by atoms with Gasteiger partial charge in [-0.2, -0.15) is 0 Å². The number of benzene rings is 9. The number of hydrogen-bond donors (Lipinski definition) is 2. The first kappa shape index (κ1) is 41.5. The molecule has 0 fully saturated rings. The molecule has 0 radical (unpaired) electrons. The first-order chi connectivity index (χ1) is 34.7. The number of aromatic amines is 2. The van der Waals surface area contributed by atoms with Gasteiger partial charge in [0.1, 0.15) is 0 Å². The number of nitrogens with one attached hydrogen (secondary N) is 2. The van der Waals surface area contributed by atoms with Crippen molar-refractivity contribution in [1.29, 1.82) is 0 Å². The zero-order chi connectivity index (χ0) is 46.4. The SMILES string of the molecule is C1=CC(c2cccc3c2[nH]c2cccc(-c4ccc5c(c4)Cc4cc(N(c6ccc(C7=CCCc8c7[nH]c7ccccc87)cc6)c6ccc(-c7ccccc7)cc6)ccc4-5)c23)=CCC1.c1ccccc1. The number of hydrogen-bond acceptors (Lipinski definition) is 1. The van der Waals surface area contributed by atoms with E-state index in [1.807, 2.05) is 36.4 Å². The third kappa shape index (κ3) is 7.48. The molecule has 9 aromatic carbocycles. The Kier molecular flexibility index (Phi) is 10.5. The van der Waals surface area contributed by atoms with Crippen LogP contribution < -0.4 is 4.90 Å². The van der Waals surface area contributed by atoms with Crippen LogP contribution in [0.2, 0.25) is 0 Å². The van der Waals surface area contributed by atoms with Crippen molar-refractivity contribution in [2.24, 2.45) is 0 Å². The highest BCUT2D eigenvalue weighted by molar-refractivity contribution is 6.16. The van der Waals surface area contributed by atoms with Gasteiger partial charge in [0.05, 0.1) is 5.52 Å². The number of allylic oxidation sites excluding steroid dienone is 5. The first-order valence-corrected chi connectivity index (χ1v) is 24.8. The van der Waals surface area contributed by atoms with E-state index in [0.717, 1.165) is 49.2 Å². The highest BCUT2D eigenvalue weighted by atomic mass is 15.1. The molecule has 0 aliphatic heterocycles. The molecule has 0 atom stereocenters. The van der Waals surface area contributed by atoms with Crippen LogP contribution in [-0.2, 0) is 12.8 Å². The zero-order valence-corrected chi connectivity index (χ0v) is 39.0. The number of fused-ring (bicyclic) bond motifs is 9. The summed E-state index contributed by atoms with van der Waals surface area (Å²) in [4.78, 5) is 10.00. The smallest absolute Gasteiger partial charge is 0.0544 e. The minimum atomic E-state index is 0.890. The minimum absolute atomic E-state index is 0.890. The van der Waals surface area contributed by atoms with Crippen molar-refractivity contribution < 1.29 is 0 Å². The van der Waals surface area contributed by atoms with E-state index in [4.69, 9.17) is 0 Å². The van der Waals surface area contributed by atoms with Crippen LogP contribution in [0.5, 0.6) is 0 Å². The van der Waals surface area contributed by atoms with Gasteiger partial charge in [0.25, 0.3) is 0 Å². The number of anilines is 3. The summed E-state index contributed by atoms with van der Waals surface area (Å²) in [7, 11) is 0. The van der Waals surface area contributed by atoms with Crippen LogP contribution in [0.1, 0.15) is 52.8 Å². The minimum Gasteiger partial charge on any atom is -0.354 e. The van der Waals surface area contributed by atoms with E-state index >= 15 is 0 Å². The van der Waals surface area contributed by atoms with Gasteiger partial charge in [0.15, 0.2) is 0 Å². The lowest BCUT2D eigenvalue weighted by Gasteiger charge is -2.27. The van der Waals surface area contributed by atoms with Crippen LogP contribution in [0.15, 0.2) is 237 Å². The second-order valence-corrected chi connectivity index (χ2v) is 18.7. The molecule has 0 saturated heterocycles. The summed E-state index contributed by atoms with van der Waals surface area (Å²) in [6.45, 7) is 0. The van der Waals surface area contributed by atoms with Gasteiger partial charge in [0, 0.05) is 61.1 Å². The molecule has 11 aromatic rings. The van der Waals surface area contributed by atoms with E-state index in [0.29, 0.717) is 0 Å². The molecule has 0 amide bonds. The maximum absolute atomic E-state index is 3.82. The van der Waals surface area contributed by atoms with Crippen LogP contribution in [0.4, 0.5) is 17.1 Å². The summed E-state index contributed by atoms with van der Waals surface area (Å²) < 4.78 is 0. The molecule has 0 spiro atoms. The second kappa shape index (κ2) is 17.8. The normalized spacial score (nSPS) is 13.5. The topological polar surface area (TPSA) is 34.8 Å². The Hall–Kier alpha value is -8.66. The molecule has 3 aliphatic rings. The molecule has 0 bridgehead atoms. The molecule has 70 heavy (non-hydrogen) atoms. The fourth-order valence-corrected chi connectivity index (χ4v) is 11.2. The summed E-state index contributed by atoms with van der Waals surface area (Å²) >= 11 is 0. The van der Waals surface area contributed by atoms with Gasteiger partial charge in [-0.15, -0.1) is 0 Å². The standard InChI is InChI=1S/C61H45N3.C6H6/c1-3-12-39(13-4-1)40-24-29-46(30-25-40)64(47-31-26-42(27-32-47)53-18-9-20-55-54-16-7-8-22-57(54)62-60(53)55)48-33-35-50-45(38-48)37-44-36-43(28-34-49(44)50)51-17-11-23-58-59(51)56-21-10-19-52(61(56)63-58)41-14-5-2-6-15-41;1-2-4-6-5-3-1/h1,3-5,7-8,10-19,21-36,38,62-63H,2,6,9,20,37H2;1-6H. The van der Waals surface area contributed by atoms with Crippen LogP contribution in [0, 0.1) is 0 Å². The van der Waals surface area contributed by atoms with Gasteiger partial charge >= 0.3 is 0 Å². The molecule has 2 N–H and O–H groups in total. The van der Waals surface area contributed by atoms with Crippen LogP contribution in [0.3, 0.4) is 0 Å². The average Bonchev–Trinajstić information content (AvgIpc) is 4.14. The average molecular weight is 898 g/mol. The molecule has 0 unspecified atom stereocenters. The second-order valence-electron chi connectivity index (χ2n) is 18.7. The van der Waals surface area contributed by atoms with Crippen LogP contribution in [0.25, 0.3) is 77.2 Å². The Morgan fingerprint density at radius 3 is 1.79 bits per heavy atom. The first-order valence-electron chi connectivity index (χ1n) is 24.8. The largest absolute Gasteiger partial charge is 0.354 e. The maximum atomic E-state index is 3.82. The quantitative estimate of drug-likeness (QED) is 0.164. The van der Waals surface area contributed by atoms with Gasteiger partial charge < -0.3 is 14.9 Å². The fourth-order valence-electron chi connectivity index (χ4n) is 11.2. The van der Waals surface area contributed by atoms with Crippen LogP contribution in [-0.4, -0.2) is 9.97 Å². The van der Waals surface area contributed by atoms with Gasteiger partial charge in [0.2, 0.25) is 0 Å². The number of para-hydroxylation sites is 2. The van der Waals surface area contributed by atoms with Crippen molar-refractivity contribution in [3.63, 3.8) is 0 Å². The molecule has 334 valence electrons. The number of aromatic nitrogens is 2. The molecule has 3 heteroatoms. The Balaban J connectivity index is 0.000000747. The summed E-state index contributed by atoms with van der Waals surface area (Å²) in [6, 6.07) is 77.2. The van der Waals surface area contributed by atoms with Crippen molar-refractivity contribution in [3.8, 4) is 33.4 Å². The van der Waals surface area contributed by atoms with E-state index in [9.17, 15) is 0 Å². The van der Waals surface area contributed by atoms with Crippen molar-refractivity contribution in [2.75, 3.05) is 4.90 Å². The lowest BCUT2D eigenvalue weighted by atomic mass is 9.91. The highest BCUT2D eigenvalue weighted by Crippen LogP contribution is 2.46. The van der Waals surface area contributed by atoms with E-state index in [2.05, 4.69) is 215 Å². The molecular weight excluding hydrogens is 847 g/mol. The molecule has 2 heterocycles. The predicted octanol–water partition coefficient (Wildman–Crippen LogP) is 18.0. The van der Waals surface area contributed by atoms with Gasteiger partial charge in [-0.05, 0) is 142 Å². The zero-order valence-electron chi connectivity index (χ0n) is 39.0. The highest BCUT2D eigenvalue weighted by Gasteiger charge is 2.24. The van der Waals surface area contributed by atoms with Crippen molar-refractivity contribution in [2.45, 2.75) is 32.1 Å². The van der Waals surface area contributed by atoms with Gasteiger partial charge in [-0.3, -0.25) is 0 Å². The van der Waals surface area contributed by atoms with E-state index in [1.165, 1.54) is 111 Å². The number of rotatable bonds is 7. The third-order valence-corrected chi connectivity index (χ3v) is 14.6. The Morgan fingerprint density at radius 1 is 0.400 bits per heavy atom. The van der Waals surface area contributed by atoms with Gasteiger partial charge in [-0.25, -0.2) is 0 Å². The molecule has 2 aromatic heterocycles. The molecular formula is C67H51N3. The van der Waals surface area contributed by atoms with Gasteiger partial charge in [-0.1, -0.05) is 188 Å². The van der Waals surface area contributed by atoms with Crippen LogP contribution >= 0.6 is 0 Å². The lowest BCUT2D eigenvalue weighted by Crippen LogP contribution is -2.10. The van der Waals surface area contributed by atoms with E-state index < -0.39 is 0 Å². The monoisotopic (exact) mass is 897 g/mol. The molecule has 3 aliphatic carbocycles. The number of nitrogens with zero attached hydrogens (tertiary/aromatic N) is 1. The predicted molar refractivity (Wildman–Crippen MR) is 296 cm³/mol. The van der Waals surface area contributed by atoms with Crippen molar-refractivity contribution in [1.82, 2.24) is 9.97 Å². The lowest BCUT2D eigenvalue weighted by molar-refractivity contribution is 0.983. The maximum Gasteiger partial charge on any atom is 0.0544 e.